The van der Waals surface area contributed by atoms with E-state index < -0.39 is 34.6 Å². The molecular formula is C19H17F5N2O3S. The maximum Gasteiger partial charge on any atom is 0.573 e. The molecule has 30 heavy (non-hydrogen) atoms. The van der Waals surface area contributed by atoms with Crippen molar-refractivity contribution in [2.24, 2.45) is 0 Å². The number of nitrogen functional groups attached to an aromatic ring is 1. The van der Waals surface area contributed by atoms with Gasteiger partial charge in [-0.1, -0.05) is 6.07 Å². The number of fused-ring (bicyclic) bond motifs is 1. The molecule has 1 amide bonds. The minimum atomic E-state index is -5.05. The fourth-order valence-corrected chi connectivity index (χ4v) is 3.42. The average molecular weight is 448 g/mol. The third-order valence-electron chi connectivity index (χ3n) is 4.62. The van der Waals surface area contributed by atoms with Gasteiger partial charge in [-0.2, -0.15) is 0 Å². The monoisotopic (exact) mass is 448 g/mol. The first-order chi connectivity index (χ1) is 13.9. The maximum absolute atomic E-state index is 14.8. The molecule has 0 aliphatic carbocycles. The minimum Gasteiger partial charge on any atom is -0.462 e. The number of alkyl halides is 3. The number of carbonyl (C=O) groups excluding carboxylic acids is 1. The van der Waals surface area contributed by atoms with Crippen molar-refractivity contribution in [2.75, 3.05) is 16.9 Å². The predicted molar refractivity (Wildman–Crippen MR) is 102 cm³/mol. The molecule has 1 unspecified atom stereocenters. The Kier molecular flexibility index (Phi) is 5.52. The van der Waals surface area contributed by atoms with E-state index in [1.807, 2.05) is 0 Å². The molecule has 0 aromatic heterocycles. The van der Waals surface area contributed by atoms with Crippen LogP contribution in [0.5, 0.6) is 11.5 Å². The molecule has 2 aromatic rings. The number of nitrogens with zero attached hydrogens (tertiary/aromatic N) is 1. The Balaban J connectivity index is 2.03. The van der Waals surface area contributed by atoms with E-state index in [-0.39, 0.29) is 29.2 Å². The van der Waals surface area contributed by atoms with Gasteiger partial charge in [0.25, 0.3) is 5.91 Å². The van der Waals surface area contributed by atoms with E-state index in [4.69, 9.17) is 10.5 Å². The van der Waals surface area contributed by atoms with Crippen LogP contribution in [-0.2, 0) is 11.3 Å². The van der Waals surface area contributed by atoms with Crippen LogP contribution in [0.1, 0.15) is 18.1 Å². The lowest BCUT2D eigenvalue weighted by Crippen LogP contribution is -2.52. The largest absolute Gasteiger partial charge is 0.573 e. The zero-order valence-corrected chi connectivity index (χ0v) is 16.9. The Morgan fingerprint density at radius 2 is 1.93 bits per heavy atom. The predicted octanol–water partition coefficient (Wildman–Crippen LogP) is 4.76. The summed E-state index contributed by atoms with van der Waals surface area (Å²) >= 11 is 1.02. The summed E-state index contributed by atoms with van der Waals surface area (Å²) in [6, 6.07) is 4.28. The second kappa shape index (κ2) is 7.53. The van der Waals surface area contributed by atoms with Crippen LogP contribution in [0.15, 0.2) is 24.3 Å². The number of anilines is 2. The number of amides is 1. The summed E-state index contributed by atoms with van der Waals surface area (Å²) in [4.78, 5) is 12.8. The molecule has 0 radical (unpaired) electrons. The number of hydrogen-bond acceptors (Lipinski definition) is 5. The van der Waals surface area contributed by atoms with E-state index in [2.05, 4.69) is 4.74 Å². The Morgan fingerprint density at radius 1 is 1.27 bits per heavy atom. The van der Waals surface area contributed by atoms with Crippen molar-refractivity contribution in [1.82, 2.24) is 0 Å². The molecule has 3 rings (SSSR count). The van der Waals surface area contributed by atoms with Gasteiger partial charge >= 0.3 is 6.36 Å². The normalized spacial score (nSPS) is 18.8. The van der Waals surface area contributed by atoms with Gasteiger partial charge in [-0.3, -0.25) is 4.79 Å². The first-order valence-electron chi connectivity index (χ1n) is 8.55. The van der Waals surface area contributed by atoms with Gasteiger partial charge in [-0.15, -0.1) is 24.9 Å². The molecule has 1 aliphatic heterocycles. The zero-order chi connectivity index (χ0) is 22.4. The van der Waals surface area contributed by atoms with Gasteiger partial charge in [0.2, 0.25) is 4.93 Å². The van der Waals surface area contributed by atoms with Crippen LogP contribution < -0.4 is 20.1 Å². The summed E-state index contributed by atoms with van der Waals surface area (Å²) in [5.41, 5.74) is 6.22. The van der Waals surface area contributed by atoms with Gasteiger partial charge in [0.05, 0.1) is 17.9 Å². The summed E-state index contributed by atoms with van der Waals surface area (Å²) < 4.78 is 75.1. The van der Waals surface area contributed by atoms with Crippen molar-refractivity contribution in [1.29, 1.82) is 0 Å². The summed E-state index contributed by atoms with van der Waals surface area (Å²) in [6.07, 6.45) is -3.45. The van der Waals surface area contributed by atoms with Crippen molar-refractivity contribution in [3.05, 3.63) is 47.0 Å². The van der Waals surface area contributed by atoms with Crippen LogP contribution in [0.25, 0.3) is 0 Å². The lowest BCUT2D eigenvalue weighted by atomic mass is 10.1. The Labute approximate surface area is 172 Å². The number of rotatable bonds is 4. The molecule has 2 N–H and O–H groups in total. The molecule has 0 saturated carbocycles. The van der Waals surface area contributed by atoms with Gasteiger partial charge in [0, 0.05) is 0 Å². The summed E-state index contributed by atoms with van der Waals surface area (Å²) in [5.74, 6) is -3.85. The van der Waals surface area contributed by atoms with Crippen molar-refractivity contribution in [3.63, 3.8) is 0 Å². The number of thioether (sulfide) groups is 1. The average Bonchev–Trinajstić information content (AvgIpc) is 2.66. The number of nitrogens with two attached hydrogens (primary N) is 1. The highest BCUT2D eigenvalue weighted by atomic mass is 32.2. The van der Waals surface area contributed by atoms with Crippen LogP contribution in [0.3, 0.4) is 0 Å². The van der Waals surface area contributed by atoms with Gasteiger partial charge in [0.1, 0.15) is 0 Å². The van der Waals surface area contributed by atoms with Gasteiger partial charge in [-0.25, -0.2) is 8.78 Å². The second-order valence-corrected chi connectivity index (χ2v) is 7.91. The van der Waals surface area contributed by atoms with Crippen LogP contribution in [0.4, 0.5) is 33.3 Å². The van der Waals surface area contributed by atoms with Crippen LogP contribution in [-0.4, -0.2) is 23.5 Å². The number of benzene rings is 2. The summed E-state index contributed by atoms with van der Waals surface area (Å²) in [6.45, 7) is 2.76. The molecule has 0 spiro atoms. The first kappa shape index (κ1) is 22.0. The molecule has 0 bridgehead atoms. The van der Waals surface area contributed by atoms with E-state index in [9.17, 15) is 26.7 Å². The van der Waals surface area contributed by atoms with Crippen LogP contribution >= 0.6 is 11.8 Å². The van der Waals surface area contributed by atoms with Gasteiger partial charge < -0.3 is 20.1 Å². The molecule has 0 fully saturated rings. The summed E-state index contributed by atoms with van der Waals surface area (Å²) in [5, 5.41) is 0. The molecule has 5 nitrogen and oxygen atoms in total. The molecule has 11 heteroatoms. The van der Waals surface area contributed by atoms with E-state index in [0.29, 0.717) is 5.56 Å². The topological polar surface area (TPSA) is 64.8 Å². The van der Waals surface area contributed by atoms with Crippen LogP contribution in [0, 0.1) is 18.6 Å². The van der Waals surface area contributed by atoms with Crippen molar-refractivity contribution < 1.29 is 36.2 Å². The maximum atomic E-state index is 14.8. The lowest BCUT2D eigenvalue weighted by Gasteiger charge is -2.40. The Morgan fingerprint density at radius 3 is 2.50 bits per heavy atom. The third-order valence-corrected chi connectivity index (χ3v) is 5.66. The molecular weight excluding hydrogens is 431 g/mol. The Bertz CT molecular complexity index is 1010. The molecule has 1 heterocycles. The SMILES string of the molecule is CSC1(C)Oc2c(cc(C)c(N)c2F)N(Cc2ccc(OC(F)(F)F)c(F)c2)C1=O. The van der Waals surface area contributed by atoms with Crippen LogP contribution in [0.2, 0.25) is 0 Å². The lowest BCUT2D eigenvalue weighted by molar-refractivity contribution is -0.275. The van der Waals surface area contributed by atoms with Crippen molar-refractivity contribution in [3.8, 4) is 11.5 Å². The van der Waals surface area contributed by atoms with E-state index in [1.165, 1.54) is 24.0 Å². The highest BCUT2D eigenvalue weighted by Crippen LogP contribution is 2.46. The molecule has 162 valence electrons. The van der Waals surface area contributed by atoms with E-state index in [0.717, 1.165) is 23.9 Å². The highest BCUT2D eigenvalue weighted by molar-refractivity contribution is 8.00. The minimum absolute atomic E-state index is 0.0896. The van der Waals surface area contributed by atoms with Gasteiger partial charge in [0.15, 0.2) is 23.1 Å². The number of carbonyl (C=O) groups is 1. The quantitative estimate of drug-likeness (QED) is 0.540. The van der Waals surface area contributed by atoms with Gasteiger partial charge in [-0.05, 0) is 49.4 Å². The number of ether oxygens (including phenoxy) is 2. The third kappa shape index (κ3) is 3.98. The van der Waals surface area contributed by atoms with E-state index in [1.54, 1.807) is 13.2 Å². The highest BCUT2D eigenvalue weighted by Gasteiger charge is 2.46. The molecule has 1 atom stereocenters. The summed E-state index contributed by atoms with van der Waals surface area (Å²) in [7, 11) is 0. The fourth-order valence-electron chi connectivity index (χ4n) is 2.97. The second-order valence-electron chi connectivity index (χ2n) is 6.73. The van der Waals surface area contributed by atoms with Crippen molar-refractivity contribution in [2.45, 2.75) is 31.7 Å². The standard InChI is InChI=1S/C19H17F5N2O3S/c1-9-6-12-16(14(21)15(9)25)29-18(2,30-3)17(27)26(12)8-10-4-5-13(11(20)7-10)28-19(22,23)24/h4-7H,8,25H2,1-3H3. The number of aryl methyl sites for hydroxylation is 1. The smallest absolute Gasteiger partial charge is 0.462 e. The molecule has 2 aromatic carbocycles. The fraction of sp³-hybridized carbons (Fsp3) is 0.316. The molecule has 1 aliphatic rings. The van der Waals surface area contributed by atoms with Crippen molar-refractivity contribution >= 4 is 29.0 Å². The molecule has 0 saturated heterocycles. The van der Waals surface area contributed by atoms with E-state index >= 15 is 0 Å². The zero-order valence-electron chi connectivity index (χ0n) is 16.1. The first-order valence-corrected chi connectivity index (χ1v) is 9.77. The number of halogens is 5. The Hall–Kier alpha value is -2.69. The number of hydrogen-bond donors (Lipinski definition) is 1.